The summed E-state index contributed by atoms with van der Waals surface area (Å²) in [6.45, 7) is 8.69. The molecule has 2 fully saturated rings. The molecule has 2 aliphatic rings. The van der Waals surface area contributed by atoms with E-state index in [9.17, 15) is 9.90 Å². The second kappa shape index (κ2) is 2.57. The number of rotatable bonds is 3. The van der Waals surface area contributed by atoms with Crippen molar-refractivity contribution in [3.63, 3.8) is 0 Å². The first-order valence-electron chi connectivity index (χ1n) is 5.59. The van der Waals surface area contributed by atoms with Crippen molar-refractivity contribution < 1.29 is 15.0 Å². The van der Waals surface area contributed by atoms with Gasteiger partial charge in [-0.05, 0) is 29.6 Å². The molecule has 2 rings (SSSR count). The predicted molar refractivity (Wildman–Crippen MR) is 56.4 cm³/mol. The Morgan fingerprint density at radius 3 is 1.80 bits per heavy atom. The first-order chi connectivity index (χ1) is 6.68. The molecular weight excluding hydrogens is 192 g/mol. The van der Waals surface area contributed by atoms with Crippen molar-refractivity contribution >= 4 is 5.97 Å². The molecule has 1 atom stereocenters. The number of carbonyl (C=O) groups is 1. The van der Waals surface area contributed by atoms with Gasteiger partial charge in [-0.2, -0.15) is 0 Å². The van der Waals surface area contributed by atoms with Gasteiger partial charge in [0.05, 0.1) is 0 Å². The van der Waals surface area contributed by atoms with E-state index in [-0.39, 0.29) is 16.2 Å². The van der Waals surface area contributed by atoms with Gasteiger partial charge in [-0.1, -0.05) is 27.7 Å². The molecule has 0 saturated heterocycles. The number of aliphatic hydroxyl groups excluding tert-OH is 1. The van der Waals surface area contributed by atoms with Crippen LogP contribution >= 0.6 is 0 Å². The molecule has 0 aromatic heterocycles. The Bertz CT molecular complexity index is 299. The van der Waals surface area contributed by atoms with Crippen molar-refractivity contribution in [1.29, 1.82) is 0 Å². The van der Waals surface area contributed by atoms with Crippen molar-refractivity contribution in [1.82, 2.24) is 0 Å². The lowest BCUT2D eigenvalue weighted by Crippen LogP contribution is -2.34. The van der Waals surface area contributed by atoms with Crippen LogP contribution in [0.5, 0.6) is 0 Å². The third kappa shape index (κ3) is 1.13. The van der Waals surface area contributed by atoms with Crippen molar-refractivity contribution in [2.75, 3.05) is 0 Å². The van der Waals surface area contributed by atoms with Gasteiger partial charge in [-0.25, -0.2) is 4.79 Å². The molecule has 0 amide bonds. The van der Waals surface area contributed by atoms with E-state index >= 15 is 0 Å². The molecule has 0 aromatic rings. The zero-order valence-corrected chi connectivity index (χ0v) is 9.87. The number of aliphatic carboxylic acids is 1. The maximum absolute atomic E-state index is 10.9. The summed E-state index contributed by atoms with van der Waals surface area (Å²) >= 11 is 0. The summed E-state index contributed by atoms with van der Waals surface area (Å²) in [4.78, 5) is 10.9. The second-order valence-corrected chi connectivity index (χ2v) is 6.35. The van der Waals surface area contributed by atoms with Gasteiger partial charge in [-0.15, -0.1) is 0 Å². The highest BCUT2D eigenvalue weighted by Crippen LogP contribution is 2.80. The third-order valence-corrected chi connectivity index (χ3v) is 5.20. The first-order valence-corrected chi connectivity index (χ1v) is 5.59. The molecule has 2 saturated carbocycles. The van der Waals surface area contributed by atoms with Crippen LogP contribution in [0.15, 0.2) is 0 Å². The minimum atomic E-state index is -1.18. The van der Waals surface area contributed by atoms with E-state index in [2.05, 4.69) is 27.7 Å². The summed E-state index contributed by atoms with van der Waals surface area (Å²) in [7, 11) is 0. The Morgan fingerprint density at radius 2 is 1.60 bits per heavy atom. The molecular formula is C12H20O3. The molecule has 1 unspecified atom stereocenters. The summed E-state index contributed by atoms with van der Waals surface area (Å²) in [5.74, 6) is -0.727. The molecule has 2 aliphatic carbocycles. The lowest BCUT2D eigenvalue weighted by atomic mass is 9.87. The fraction of sp³-hybridized carbons (Fsp3) is 0.917. The van der Waals surface area contributed by atoms with Gasteiger partial charge in [0.25, 0.3) is 0 Å². The highest BCUT2D eigenvalue weighted by atomic mass is 16.4. The van der Waals surface area contributed by atoms with Crippen LogP contribution in [0.1, 0.15) is 40.5 Å². The minimum absolute atomic E-state index is 0.153. The van der Waals surface area contributed by atoms with E-state index in [1.165, 1.54) is 0 Å². The molecule has 0 bridgehead atoms. The van der Waals surface area contributed by atoms with Crippen LogP contribution in [-0.4, -0.2) is 22.3 Å². The smallest absolute Gasteiger partial charge is 0.333 e. The quantitative estimate of drug-likeness (QED) is 0.751. The summed E-state index contributed by atoms with van der Waals surface area (Å²) in [6.07, 6.45) is 0.541. The molecule has 3 heteroatoms. The average Bonchev–Trinajstić information content (AvgIpc) is 2.90. The SMILES string of the molecule is CC1(C)C(C2(C(O)C(=O)O)CC2)C1(C)C. The zero-order chi connectivity index (χ0) is 11.6. The number of carboxylic acids is 1. The average molecular weight is 212 g/mol. The van der Waals surface area contributed by atoms with Crippen molar-refractivity contribution in [2.24, 2.45) is 22.2 Å². The van der Waals surface area contributed by atoms with Gasteiger partial charge in [0.2, 0.25) is 0 Å². The summed E-state index contributed by atoms with van der Waals surface area (Å²) < 4.78 is 0. The Balaban J connectivity index is 2.24. The fourth-order valence-electron chi connectivity index (χ4n) is 3.74. The van der Waals surface area contributed by atoms with Crippen LogP contribution in [0, 0.1) is 22.2 Å². The molecule has 0 heterocycles. The second-order valence-electron chi connectivity index (χ2n) is 6.35. The van der Waals surface area contributed by atoms with E-state index in [1.54, 1.807) is 0 Å². The lowest BCUT2D eigenvalue weighted by Gasteiger charge is -2.21. The predicted octanol–water partition coefficient (Wildman–Crippen LogP) is 1.89. The van der Waals surface area contributed by atoms with Crippen LogP contribution < -0.4 is 0 Å². The molecule has 0 aromatic carbocycles. The third-order valence-electron chi connectivity index (χ3n) is 5.20. The van der Waals surface area contributed by atoms with Gasteiger partial charge in [0.15, 0.2) is 6.10 Å². The maximum Gasteiger partial charge on any atom is 0.333 e. The minimum Gasteiger partial charge on any atom is -0.479 e. The number of aliphatic hydroxyl groups is 1. The number of hydrogen-bond acceptors (Lipinski definition) is 2. The van der Waals surface area contributed by atoms with E-state index in [0.717, 1.165) is 12.8 Å². The van der Waals surface area contributed by atoms with Crippen molar-refractivity contribution in [2.45, 2.75) is 46.6 Å². The van der Waals surface area contributed by atoms with Crippen LogP contribution in [0.3, 0.4) is 0 Å². The molecule has 2 N–H and O–H groups in total. The standard InChI is InChI=1S/C12H20O3/c1-10(2)9(11(10,3)4)12(5-6-12)7(13)8(14)15/h7,9,13H,5-6H2,1-4H3,(H,14,15). The molecule has 0 aliphatic heterocycles. The Hall–Kier alpha value is -0.570. The van der Waals surface area contributed by atoms with Crippen LogP contribution in [0.4, 0.5) is 0 Å². The molecule has 86 valence electrons. The van der Waals surface area contributed by atoms with Gasteiger partial charge in [0, 0.05) is 5.41 Å². The van der Waals surface area contributed by atoms with Gasteiger partial charge in [-0.3, -0.25) is 0 Å². The normalized spacial score (nSPS) is 32.1. The van der Waals surface area contributed by atoms with Gasteiger partial charge < -0.3 is 10.2 Å². The Morgan fingerprint density at radius 1 is 1.20 bits per heavy atom. The summed E-state index contributed by atoms with van der Waals surface area (Å²) in [5, 5.41) is 18.7. The summed E-state index contributed by atoms with van der Waals surface area (Å²) in [5.41, 5.74) is -0.0291. The molecule has 0 radical (unpaired) electrons. The monoisotopic (exact) mass is 212 g/mol. The number of hydrogen-bond donors (Lipinski definition) is 2. The highest BCUT2D eigenvalue weighted by Gasteiger charge is 2.77. The van der Waals surface area contributed by atoms with Crippen LogP contribution in [0.25, 0.3) is 0 Å². The molecule has 3 nitrogen and oxygen atoms in total. The topological polar surface area (TPSA) is 57.5 Å². The molecule has 0 spiro atoms. The maximum atomic E-state index is 10.9. The van der Waals surface area contributed by atoms with Crippen molar-refractivity contribution in [3.8, 4) is 0 Å². The van der Waals surface area contributed by atoms with E-state index < -0.39 is 12.1 Å². The first kappa shape index (κ1) is 10.9. The largest absolute Gasteiger partial charge is 0.479 e. The van der Waals surface area contributed by atoms with Gasteiger partial charge >= 0.3 is 5.97 Å². The number of carboxylic acid groups (broad SMARTS) is 1. The van der Waals surface area contributed by atoms with Crippen LogP contribution in [0.2, 0.25) is 0 Å². The Kier molecular flexibility index (Phi) is 1.87. The van der Waals surface area contributed by atoms with Crippen molar-refractivity contribution in [3.05, 3.63) is 0 Å². The zero-order valence-electron chi connectivity index (χ0n) is 9.87. The summed E-state index contributed by atoms with van der Waals surface area (Å²) in [6, 6.07) is 0. The fourth-order valence-corrected chi connectivity index (χ4v) is 3.74. The van der Waals surface area contributed by atoms with E-state index in [0.29, 0.717) is 5.92 Å². The Labute approximate surface area is 90.5 Å². The lowest BCUT2D eigenvalue weighted by molar-refractivity contribution is -0.151. The molecule has 15 heavy (non-hydrogen) atoms. The van der Waals surface area contributed by atoms with E-state index in [4.69, 9.17) is 5.11 Å². The van der Waals surface area contributed by atoms with Gasteiger partial charge in [0.1, 0.15) is 0 Å². The van der Waals surface area contributed by atoms with E-state index in [1.807, 2.05) is 0 Å². The van der Waals surface area contributed by atoms with Crippen LogP contribution in [-0.2, 0) is 4.79 Å². The highest BCUT2D eigenvalue weighted by molar-refractivity contribution is 5.74.